The van der Waals surface area contributed by atoms with E-state index in [-0.39, 0.29) is 23.3 Å². The molecule has 0 radical (unpaired) electrons. The van der Waals surface area contributed by atoms with Gasteiger partial charge in [0.15, 0.2) is 5.82 Å². The summed E-state index contributed by atoms with van der Waals surface area (Å²) in [5.41, 5.74) is 3.25. The van der Waals surface area contributed by atoms with Crippen molar-refractivity contribution >= 4 is 5.91 Å². The number of rotatable bonds is 4. The maximum atomic E-state index is 13.2. The molecule has 3 aromatic heterocycles. The van der Waals surface area contributed by atoms with Gasteiger partial charge in [0.2, 0.25) is 0 Å². The predicted octanol–water partition coefficient (Wildman–Crippen LogP) is 2.02. The number of likely N-dealkylation sites (tertiary alicyclic amines) is 1. The minimum absolute atomic E-state index is 0.0579. The van der Waals surface area contributed by atoms with Gasteiger partial charge in [0.05, 0.1) is 5.56 Å². The van der Waals surface area contributed by atoms with Crippen LogP contribution in [0.2, 0.25) is 0 Å². The molecule has 0 unspecified atom stereocenters. The molecule has 2 aliphatic heterocycles. The SMILES string of the molecule is CN(C)Cc1ccc2n(c1=O)C[C@H]1C[C@@H]2CN(C(=O)c2cnc(-c3cccnc3)nc2)C1. The first-order chi connectivity index (χ1) is 15.5. The zero-order valence-corrected chi connectivity index (χ0v) is 18.3. The molecule has 1 fully saturated rings. The molecule has 3 aromatic rings. The average Bonchev–Trinajstić information content (AvgIpc) is 2.81. The number of carbonyl (C=O) groups is 1. The Morgan fingerprint density at radius 2 is 1.91 bits per heavy atom. The molecule has 0 N–H and O–H groups in total. The number of aromatic nitrogens is 4. The number of hydrogen-bond donors (Lipinski definition) is 0. The molecule has 32 heavy (non-hydrogen) atoms. The van der Waals surface area contributed by atoms with Crippen molar-refractivity contribution in [2.45, 2.75) is 25.4 Å². The quantitative estimate of drug-likeness (QED) is 0.630. The summed E-state index contributed by atoms with van der Waals surface area (Å²) < 4.78 is 1.94. The highest BCUT2D eigenvalue weighted by Gasteiger charge is 2.37. The summed E-state index contributed by atoms with van der Waals surface area (Å²) in [5.74, 6) is 0.931. The molecular weight excluding hydrogens is 404 g/mol. The minimum atomic E-state index is -0.0579. The molecule has 0 saturated carbocycles. The Morgan fingerprint density at radius 1 is 1.09 bits per heavy atom. The van der Waals surface area contributed by atoms with Crippen LogP contribution in [0.1, 0.15) is 34.0 Å². The number of pyridine rings is 2. The van der Waals surface area contributed by atoms with Gasteiger partial charge in [-0.2, -0.15) is 0 Å². The van der Waals surface area contributed by atoms with Gasteiger partial charge in [-0.15, -0.1) is 0 Å². The van der Waals surface area contributed by atoms with Crippen LogP contribution in [0.4, 0.5) is 0 Å². The van der Waals surface area contributed by atoms with Crippen molar-refractivity contribution in [3.05, 3.63) is 76.2 Å². The van der Waals surface area contributed by atoms with Crippen molar-refractivity contribution in [3.8, 4) is 11.4 Å². The van der Waals surface area contributed by atoms with Crippen LogP contribution < -0.4 is 5.56 Å². The van der Waals surface area contributed by atoms with Crippen LogP contribution in [0, 0.1) is 5.92 Å². The van der Waals surface area contributed by atoms with Crippen molar-refractivity contribution in [1.82, 2.24) is 29.3 Å². The van der Waals surface area contributed by atoms with Crippen molar-refractivity contribution in [3.63, 3.8) is 0 Å². The third-order valence-corrected chi connectivity index (χ3v) is 6.28. The molecule has 8 nitrogen and oxygen atoms in total. The van der Waals surface area contributed by atoms with E-state index in [1.165, 1.54) is 0 Å². The van der Waals surface area contributed by atoms with Crippen molar-refractivity contribution in [2.75, 3.05) is 27.2 Å². The number of fused-ring (bicyclic) bond motifs is 4. The lowest BCUT2D eigenvalue weighted by Crippen LogP contribution is -2.49. The van der Waals surface area contributed by atoms with E-state index in [0.717, 1.165) is 23.2 Å². The lowest BCUT2D eigenvalue weighted by molar-refractivity contribution is 0.0593. The van der Waals surface area contributed by atoms with Crippen LogP contribution in [-0.2, 0) is 13.1 Å². The molecule has 2 bridgehead atoms. The lowest BCUT2D eigenvalue weighted by atomic mass is 9.82. The summed E-state index contributed by atoms with van der Waals surface area (Å²) in [6, 6.07) is 7.73. The maximum absolute atomic E-state index is 13.2. The first-order valence-electron chi connectivity index (χ1n) is 10.9. The Kier molecular flexibility index (Phi) is 5.30. The van der Waals surface area contributed by atoms with Crippen LogP contribution in [-0.4, -0.2) is 62.4 Å². The fourth-order valence-electron chi connectivity index (χ4n) is 4.88. The van der Waals surface area contributed by atoms with Gasteiger partial charge in [0.1, 0.15) is 0 Å². The van der Waals surface area contributed by atoms with Crippen LogP contribution in [0.25, 0.3) is 11.4 Å². The number of piperidine rings is 1. The van der Waals surface area contributed by atoms with E-state index in [1.54, 1.807) is 24.8 Å². The molecule has 164 valence electrons. The Bertz CT molecular complexity index is 1190. The highest BCUT2D eigenvalue weighted by molar-refractivity contribution is 5.94. The summed E-state index contributed by atoms with van der Waals surface area (Å²) in [5, 5.41) is 0. The fraction of sp³-hybridized carbons (Fsp3) is 0.375. The lowest BCUT2D eigenvalue weighted by Gasteiger charge is -2.43. The van der Waals surface area contributed by atoms with Crippen LogP contribution in [0.3, 0.4) is 0 Å². The van der Waals surface area contributed by atoms with Crippen LogP contribution in [0.5, 0.6) is 0 Å². The van der Waals surface area contributed by atoms with E-state index in [0.29, 0.717) is 37.6 Å². The number of amides is 1. The molecule has 1 amide bonds. The first kappa shape index (κ1) is 20.5. The third kappa shape index (κ3) is 3.82. The van der Waals surface area contributed by atoms with Gasteiger partial charge in [0, 0.05) is 73.7 Å². The topological polar surface area (TPSA) is 84.2 Å². The molecule has 5 rings (SSSR count). The van der Waals surface area contributed by atoms with Crippen molar-refractivity contribution in [2.24, 2.45) is 5.92 Å². The van der Waals surface area contributed by atoms with Crippen molar-refractivity contribution in [1.29, 1.82) is 0 Å². The van der Waals surface area contributed by atoms with E-state index in [9.17, 15) is 9.59 Å². The third-order valence-electron chi connectivity index (χ3n) is 6.28. The Balaban J connectivity index is 1.35. The zero-order chi connectivity index (χ0) is 22.2. The summed E-state index contributed by atoms with van der Waals surface area (Å²) in [7, 11) is 3.93. The molecule has 8 heteroatoms. The second-order valence-corrected chi connectivity index (χ2v) is 8.98. The van der Waals surface area contributed by atoms with Gasteiger partial charge in [-0.1, -0.05) is 6.07 Å². The number of carbonyl (C=O) groups excluding carboxylic acids is 1. The Morgan fingerprint density at radius 3 is 2.62 bits per heavy atom. The highest BCUT2D eigenvalue weighted by Crippen LogP contribution is 2.35. The normalized spacial score (nSPS) is 19.7. The first-order valence-corrected chi connectivity index (χ1v) is 10.9. The van der Waals surface area contributed by atoms with Gasteiger partial charge in [-0.3, -0.25) is 14.6 Å². The zero-order valence-electron chi connectivity index (χ0n) is 18.3. The number of nitrogens with zero attached hydrogens (tertiary/aromatic N) is 6. The van der Waals surface area contributed by atoms with Gasteiger partial charge < -0.3 is 14.4 Å². The minimum Gasteiger partial charge on any atom is -0.338 e. The predicted molar refractivity (Wildman–Crippen MR) is 120 cm³/mol. The second kappa shape index (κ2) is 8.27. The van der Waals surface area contributed by atoms with E-state index >= 15 is 0 Å². The monoisotopic (exact) mass is 430 g/mol. The fourth-order valence-corrected chi connectivity index (χ4v) is 4.88. The summed E-state index contributed by atoms with van der Waals surface area (Å²) >= 11 is 0. The molecule has 2 aliphatic rings. The van der Waals surface area contributed by atoms with E-state index in [2.05, 4.69) is 21.0 Å². The van der Waals surface area contributed by atoms with E-state index < -0.39 is 0 Å². The van der Waals surface area contributed by atoms with Gasteiger partial charge in [-0.05, 0) is 44.6 Å². The molecule has 0 spiro atoms. The molecule has 5 heterocycles. The average molecular weight is 431 g/mol. The summed E-state index contributed by atoms with van der Waals surface area (Å²) in [6.07, 6.45) is 7.59. The molecule has 0 aromatic carbocycles. The van der Waals surface area contributed by atoms with E-state index in [4.69, 9.17) is 0 Å². The molecule has 1 saturated heterocycles. The van der Waals surface area contributed by atoms with Gasteiger partial charge in [0.25, 0.3) is 11.5 Å². The highest BCUT2D eigenvalue weighted by atomic mass is 16.2. The summed E-state index contributed by atoms with van der Waals surface area (Å²) in [6.45, 7) is 2.54. The largest absolute Gasteiger partial charge is 0.338 e. The Labute approximate surface area is 186 Å². The number of hydrogen-bond acceptors (Lipinski definition) is 6. The van der Waals surface area contributed by atoms with Crippen LogP contribution >= 0.6 is 0 Å². The molecule has 2 atom stereocenters. The second-order valence-electron chi connectivity index (χ2n) is 8.98. The molecular formula is C24H26N6O2. The van der Waals surface area contributed by atoms with Gasteiger partial charge >= 0.3 is 0 Å². The van der Waals surface area contributed by atoms with Crippen LogP contribution in [0.15, 0.2) is 53.8 Å². The standard InChI is InChI=1S/C24H26N6O2/c1-28(2)14-18-5-6-21-19-8-16(13-30(21)24(18)32)12-29(15-19)23(31)20-10-26-22(27-11-20)17-4-3-7-25-9-17/h3-7,9-11,16,19H,8,12-15H2,1-2H3/t16-,19+/m0/s1. The summed E-state index contributed by atoms with van der Waals surface area (Å²) in [4.78, 5) is 42.9. The van der Waals surface area contributed by atoms with Crippen molar-refractivity contribution < 1.29 is 4.79 Å². The van der Waals surface area contributed by atoms with Gasteiger partial charge in [-0.25, -0.2) is 9.97 Å². The smallest absolute Gasteiger partial charge is 0.257 e. The Hall–Kier alpha value is -3.39. The molecule has 0 aliphatic carbocycles. The maximum Gasteiger partial charge on any atom is 0.257 e. The van der Waals surface area contributed by atoms with E-state index in [1.807, 2.05) is 46.7 Å².